The van der Waals surface area contributed by atoms with Crippen LogP contribution in [-0.4, -0.2) is 73.3 Å². The first-order chi connectivity index (χ1) is 8.70. The first-order valence-corrected chi connectivity index (χ1v) is 5.15. The van der Waals surface area contributed by atoms with Gasteiger partial charge >= 0.3 is 12.3 Å². The zero-order valence-corrected chi connectivity index (χ0v) is 24.7. The zero-order chi connectivity index (χ0) is 15.4. The predicted molar refractivity (Wildman–Crippen MR) is 126 cm³/mol. The maximum absolute atomic E-state index is 10.1. The fourth-order valence-electron chi connectivity index (χ4n) is 0.148. The zero-order valence-electron chi connectivity index (χ0n) is 19.0. The van der Waals surface area contributed by atoms with Gasteiger partial charge in [-0.3, -0.25) is 4.89 Å². The smallest absolute Gasteiger partial charge is 0.494 e. The van der Waals surface area contributed by atoms with E-state index in [9.17, 15) is 14.4 Å². The summed E-state index contributed by atoms with van der Waals surface area (Å²) in [6.07, 6.45) is -3.37. The summed E-state index contributed by atoms with van der Waals surface area (Å²) < 4.78 is 0. The van der Waals surface area contributed by atoms with Crippen molar-refractivity contribution in [3.63, 3.8) is 0 Å². The second-order valence-electron chi connectivity index (χ2n) is 1.01. The van der Waals surface area contributed by atoms with E-state index in [2.05, 4.69) is 24.4 Å². The van der Waals surface area contributed by atoms with Crippen molar-refractivity contribution in [2.24, 2.45) is 0 Å². The Labute approximate surface area is 258 Å². The van der Waals surface area contributed by atoms with E-state index in [4.69, 9.17) is 5.26 Å². The van der Waals surface area contributed by atoms with E-state index >= 15 is 0 Å². The molecule has 0 aliphatic carbocycles. The molecule has 0 saturated carbocycles. The third-order valence-corrected chi connectivity index (χ3v) is 0.396. The molecule has 0 amide bonds. The van der Waals surface area contributed by atoms with E-state index in [1.54, 1.807) is 0 Å². The van der Waals surface area contributed by atoms with Crippen LogP contribution in [0.3, 0.4) is 0 Å². The molecule has 2 radical (unpaired) electrons. The van der Waals surface area contributed by atoms with Crippen LogP contribution in [-0.2, 0) is 94.7 Å². The molecule has 23 heteroatoms. The van der Waals surface area contributed by atoms with Crippen LogP contribution in [0, 0.1) is 0 Å². The Morgan fingerprint density at radius 2 is 0.743 bits per heavy atom. The van der Waals surface area contributed by atoms with Crippen molar-refractivity contribution in [1.29, 1.82) is 0 Å². The molecule has 236 valence electrons. The monoisotopic (exact) mass is 710 g/mol. The van der Waals surface area contributed by atoms with Gasteiger partial charge in [0.25, 0.3) is 0 Å². The summed E-state index contributed by atoms with van der Waals surface area (Å²) in [6, 6.07) is 0. The molecule has 0 aliphatic rings. The summed E-state index contributed by atoms with van der Waals surface area (Å²) in [7, 11) is 0. The van der Waals surface area contributed by atoms with E-state index < -0.39 is 12.3 Å². The van der Waals surface area contributed by atoms with Crippen molar-refractivity contribution in [3.8, 4) is 0 Å². The Hall–Kier alpha value is -0.302. The summed E-state index contributed by atoms with van der Waals surface area (Å²) in [5.74, 6) is 0. The van der Waals surface area contributed by atoms with E-state index in [0.717, 1.165) is 0 Å². The van der Waals surface area contributed by atoms with Crippen molar-refractivity contribution in [2.75, 3.05) is 0 Å². The first kappa shape index (κ1) is 210. The van der Waals surface area contributed by atoms with Crippen LogP contribution in [0.5, 0.6) is 0 Å². The molecule has 0 aromatic rings. The minimum atomic E-state index is -1.71. The van der Waals surface area contributed by atoms with E-state index in [0.29, 0.717) is 6.47 Å². The summed E-state index contributed by atoms with van der Waals surface area (Å²) in [5, 5.41) is 7.52. The van der Waals surface area contributed by atoms with Crippen molar-refractivity contribution < 1.29 is 159 Å². The van der Waals surface area contributed by atoms with Crippen molar-refractivity contribution in [1.82, 2.24) is 18.5 Å². The minimum Gasteiger partial charge on any atom is -0.494 e. The quantitative estimate of drug-likeness (QED) is 0.134. The molecule has 0 saturated heterocycles. The molecule has 35 heavy (non-hydrogen) atoms. The van der Waals surface area contributed by atoms with Gasteiger partial charge in [0.2, 0.25) is 0 Å². The molecular formula is C12H58N3O18Y2-. The molecule has 21 nitrogen and oxygen atoms in total. The molecular weight excluding hydrogens is 652 g/mol. The molecule has 0 aromatic carbocycles. The SMILES string of the molecule is C.C.C.CC.CC.CC.N.N.N.O.O.O.O.O.O.O.O.O.O=[C-]OOC(=O)OOC(=O)OO.[Y].[Y]. The number of hydrogen-bond acceptors (Lipinski definition) is 12. The summed E-state index contributed by atoms with van der Waals surface area (Å²) in [6.45, 7) is 12.7. The molecule has 28 N–H and O–H groups in total. The van der Waals surface area contributed by atoms with Gasteiger partial charge in [-0.2, -0.15) is 24.6 Å². The van der Waals surface area contributed by atoms with Gasteiger partial charge in [0.1, 0.15) is 0 Å². The van der Waals surface area contributed by atoms with Gasteiger partial charge in [-0.1, -0.05) is 63.8 Å². The molecule has 0 bridgehead atoms. The summed E-state index contributed by atoms with van der Waals surface area (Å²) in [4.78, 5) is 45.5. The average Bonchev–Trinajstić information content (AvgIpc) is 2.48. The van der Waals surface area contributed by atoms with Gasteiger partial charge in [-0.25, -0.2) is 4.89 Å². The van der Waals surface area contributed by atoms with Crippen LogP contribution in [0.4, 0.5) is 9.59 Å². The van der Waals surface area contributed by atoms with E-state index in [1.807, 2.05) is 41.5 Å². The maximum atomic E-state index is 10.1. The Bertz CT molecular complexity index is 218. The third-order valence-electron chi connectivity index (χ3n) is 0.396. The van der Waals surface area contributed by atoms with E-state index in [-0.39, 0.29) is 155 Å². The topological polar surface area (TPSA) is 506 Å². The Morgan fingerprint density at radius 1 is 0.543 bits per heavy atom. The van der Waals surface area contributed by atoms with Crippen molar-refractivity contribution >= 4 is 18.8 Å². The molecule has 0 fully saturated rings. The second kappa shape index (κ2) is 263. The molecule has 0 heterocycles. The van der Waals surface area contributed by atoms with Crippen LogP contribution < -0.4 is 18.5 Å². The second-order valence-corrected chi connectivity index (χ2v) is 1.01. The Morgan fingerprint density at radius 3 is 0.914 bits per heavy atom. The maximum Gasteiger partial charge on any atom is 0.589 e. The van der Waals surface area contributed by atoms with E-state index in [1.165, 1.54) is 0 Å². The van der Waals surface area contributed by atoms with Gasteiger partial charge in [0, 0.05) is 65.4 Å². The summed E-state index contributed by atoms with van der Waals surface area (Å²) in [5.41, 5.74) is 0. The van der Waals surface area contributed by atoms with Crippen molar-refractivity contribution in [2.45, 2.75) is 63.8 Å². The molecule has 0 spiro atoms. The molecule has 0 atom stereocenters. The van der Waals surface area contributed by atoms with Crippen LogP contribution >= 0.6 is 0 Å². The fourth-order valence-corrected chi connectivity index (χ4v) is 0.148. The summed E-state index contributed by atoms with van der Waals surface area (Å²) >= 11 is 0. The molecule has 0 aliphatic heterocycles. The number of carbonyl (C=O) groups excluding carboxylic acids is 3. The fraction of sp³-hybridized carbons (Fsp3) is 0.750. The third kappa shape index (κ3) is 296. The Balaban J connectivity index is -0.00000000419. The minimum absolute atomic E-state index is 0. The number of rotatable bonds is 2. The first-order valence-electron chi connectivity index (χ1n) is 5.15. The molecule has 0 unspecified atom stereocenters. The average molecular weight is 710 g/mol. The van der Waals surface area contributed by atoms with Crippen LogP contribution in [0.25, 0.3) is 0 Å². The van der Waals surface area contributed by atoms with Gasteiger partial charge in [0.05, 0.1) is 0 Å². The van der Waals surface area contributed by atoms with Gasteiger partial charge in [-0.05, 0) is 6.47 Å². The molecule has 0 aromatic heterocycles. The predicted octanol–water partition coefficient (Wildman–Crippen LogP) is -2.27. The van der Waals surface area contributed by atoms with Gasteiger partial charge in [0.15, 0.2) is 0 Å². The normalized spacial score (nSPS) is 3.17. The van der Waals surface area contributed by atoms with Gasteiger partial charge in [-0.15, -0.1) is 0 Å². The van der Waals surface area contributed by atoms with Gasteiger partial charge < -0.3 is 77.4 Å². The number of carbonyl (C=O) groups is 2. The van der Waals surface area contributed by atoms with Crippen LogP contribution in [0.1, 0.15) is 63.8 Å². The molecule has 0 rings (SSSR count). The Kier molecular flexibility index (Phi) is 1580. The number of hydrogen-bond donors (Lipinski definition) is 4. The largest absolute Gasteiger partial charge is 0.589 e. The van der Waals surface area contributed by atoms with Crippen LogP contribution in [0.15, 0.2) is 0 Å². The van der Waals surface area contributed by atoms with Crippen LogP contribution in [0.2, 0.25) is 0 Å². The standard InChI is InChI=1S/C3HO9.3C2H6.3CH4.3H3N.9H2O.2Y/c4-1-8-10-3(6)12-11-2(5)9-7;3*1-2;;;;;;;;;;;;;;;;;/h7H;3*1-2H3;3*1H4;3*1H3;9*1H2;;/q-1;;;;;;;;;;;;;;;;;;;;. The van der Waals surface area contributed by atoms with Crippen molar-refractivity contribution in [3.05, 3.63) is 0 Å².